The number of hydrogen-bond donors (Lipinski definition) is 1. The largest absolute Gasteiger partial charge is 0.381 e. The maximum absolute atomic E-state index is 4.24. The lowest BCUT2D eigenvalue weighted by Gasteiger charge is -2.10. The number of anilines is 1. The summed E-state index contributed by atoms with van der Waals surface area (Å²) in [7, 11) is 1.96. The van der Waals surface area contributed by atoms with Gasteiger partial charge in [-0.15, -0.1) is 0 Å². The number of halogens is 1. The zero-order valence-electron chi connectivity index (χ0n) is 10.3. The van der Waals surface area contributed by atoms with Crippen molar-refractivity contribution in [3.8, 4) is 0 Å². The summed E-state index contributed by atoms with van der Waals surface area (Å²) in [5.41, 5.74) is 4.81. The normalized spacial score (nSPS) is 10.6. The first-order valence-electron chi connectivity index (χ1n) is 5.56. The molecule has 0 amide bonds. The first kappa shape index (κ1) is 12.2. The average molecular weight is 294 g/mol. The maximum Gasteiger partial charge on any atom is 0.0542 e. The molecule has 0 fully saturated rings. The van der Waals surface area contributed by atoms with Crippen molar-refractivity contribution in [2.45, 2.75) is 20.4 Å². The van der Waals surface area contributed by atoms with Crippen LogP contribution >= 0.6 is 15.9 Å². The van der Waals surface area contributed by atoms with E-state index >= 15 is 0 Å². The second-order valence-corrected chi connectivity index (χ2v) is 5.00. The standard InChI is InChI=1S/C13H16BrN3/c1-9-12(14)5-4-6-13(9)15-7-11-8-16-17(3)10(11)2/h4-6,8,15H,7H2,1-3H3. The van der Waals surface area contributed by atoms with Crippen molar-refractivity contribution in [3.63, 3.8) is 0 Å². The zero-order valence-corrected chi connectivity index (χ0v) is 11.9. The maximum atomic E-state index is 4.24. The predicted molar refractivity (Wildman–Crippen MR) is 74.2 cm³/mol. The number of aryl methyl sites for hydroxylation is 1. The Balaban J connectivity index is 2.13. The van der Waals surface area contributed by atoms with Crippen molar-refractivity contribution in [3.05, 3.63) is 45.7 Å². The van der Waals surface area contributed by atoms with E-state index in [1.54, 1.807) is 0 Å². The Morgan fingerprint density at radius 3 is 2.76 bits per heavy atom. The molecule has 0 aliphatic heterocycles. The van der Waals surface area contributed by atoms with Crippen LogP contribution in [0.15, 0.2) is 28.9 Å². The first-order chi connectivity index (χ1) is 8.09. The fourth-order valence-corrected chi connectivity index (χ4v) is 2.07. The lowest BCUT2D eigenvalue weighted by Crippen LogP contribution is -2.02. The van der Waals surface area contributed by atoms with E-state index in [0.29, 0.717) is 0 Å². The molecule has 1 heterocycles. The second kappa shape index (κ2) is 4.92. The molecule has 0 unspecified atom stereocenters. The van der Waals surface area contributed by atoms with Gasteiger partial charge in [-0.25, -0.2) is 0 Å². The van der Waals surface area contributed by atoms with Crippen LogP contribution in [0.25, 0.3) is 0 Å². The van der Waals surface area contributed by atoms with E-state index in [2.05, 4.69) is 52.3 Å². The van der Waals surface area contributed by atoms with Crippen molar-refractivity contribution in [1.82, 2.24) is 9.78 Å². The number of nitrogens with zero attached hydrogens (tertiary/aromatic N) is 2. The Morgan fingerprint density at radius 1 is 1.35 bits per heavy atom. The highest BCUT2D eigenvalue weighted by molar-refractivity contribution is 9.10. The summed E-state index contributed by atoms with van der Waals surface area (Å²) in [4.78, 5) is 0. The topological polar surface area (TPSA) is 29.9 Å². The van der Waals surface area contributed by atoms with Crippen LogP contribution in [0.2, 0.25) is 0 Å². The van der Waals surface area contributed by atoms with E-state index < -0.39 is 0 Å². The van der Waals surface area contributed by atoms with Gasteiger partial charge in [0.2, 0.25) is 0 Å². The molecule has 1 N–H and O–H groups in total. The quantitative estimate of drug-likeness (QED) is 0.940. The summed E-state index contributed by atoms with van der Waals surface area (Å²) in [5.74, 6) is 0. The summed E-state index contributed by atoms with van der Waals surface area (Å²) < 4.78 is 3.02. The third-order valence-electron chi connectivity index (χ3n) is 3.07. The first-order valence-corrected chi connectivity index (χ1v) is 6.35. The molecule has 0 bridgehead atoms. The van der Waals surface area contributed by atoms with Crippen molar-refractivity contribution in [2.24, 2.45) is 7.05 Å². The molecule has 0 radical (unpaired) electrons. The van der Waals surface area contributed by atoms with Crippen LogP contribution in [-0.4, -0.2) is 9.78 Å². The van der Waals surface area contributed by atoms with Crippen LogP contribution < -0.4 is 5.32 Å². The zero-order chi connectivity index (χ0) is 12.4. The number of rotatable bonds is 3. The van der Waals surface area contributed by atoms with Gasteiger partial charge < -0.3 is 5.32 Å². The Labute approximate surface area is 110 Å². The van der Waals surface area contributed by atoms with Gasteiger partial charge in [0.05, 0.1) is 6.20 Å². The minimum atomic E-state index is 0.803. The minimum absolute atomic E-state index is 0.803. The number of benzene rings is 1. The summed E-state index contributed by atoms with van der Waals surface area (Å²) in [6.07, 6.45) is 1.91. The number of aromatic nitrogens is 2. The van der Waals surface area contributed by atoms with Gasteiger partial charge in [0, 0.05) is 35.0 Å². The van der Waals surface area contributed by atoms with E-state index in [1.807, 2.05) is 24.0 Å². The third kappa shape index (κ3) is 2.52. The van der Waals surface area contributed by atoms with Gasteiger partial charge in [-0.1, -0.05) is 22.0 Å². The summed E-state index contributed by atoms with van der Waals surface area (Å²) >= 11 is 3.53. The van der Waals surface area contributed by atoms with E-state index in [0.717, 1.165) is 16.7 Å². The Morgan fingerprint density at radius 2 is 2.12 bits per heavy atom. The monoisotopic (exact) mass is 293 g/mol. The molecule has 0 saturated carbocycles. The summed E-state index contributed by atoms with van der Waals surface area (Å²) in [6.45, 7) is 4.98. The van der Waals surface area contributed by atoms with Gasteiger partial charge in [0.1, 0.15) is 0 Å². The van der Waals surface area contributed by atoms with Crippen LogP contribution in [0, 0.1) is 13.8 Å². The molecule has 3 nitrogen and oxygen atoms in total. The lowest BCUT2D eigenvalue weighted by molar-refractivity contribution is 0.738. The van der Waals surface area contributed by atoms with Gasteiger partial charge >= 0.3 is 0 Å². The van der Waals surface area contributed by atoms with Crippen LogP contribution in [0.5, 0.6) is 0 Å². The number of nitrogens with one attached hydrogen (secondary N) is 1. The van der Waals surface area contributed by atoms with Crippen molar-refractivity contribution in [2.75, 3.05) is 5.32 Å². The smallest absolute Gasteiger partial charge is 0.0542 e. The molecule has 0 aliphatic carbocycles. The molecular weight excluding hydrogens is 278 g/mol. The molecule has 1 aromatic carbocycles. The minimum Gasteiger partial charge on any atom is -0.381 e. The van der Waals surface area contributed by atoms with Crippen LogP contribution in [0.4, 0.5) is 5.69 Å². The van der Waals surface area contributed by atoms with E-state index in [9.17, 15) is 0 Å². The predicted octanol–water partition coefficient (Wildman–Crippen LogP) is 3.41. The van der Waals surface area contributed by atoms with E-state index in [-0.39, 0.29) is 0 Å². The van der Waals surface area contributed by atoms with Gasteiger partial charge in [-0.3, -0.25) is 4.68 Å². The molecule has 0 spiro atoms. The van der Waals surface area contributed by atoms with Gasteiger partial charge in [-0.05, 0) is 31.5 Å². The average Bonchev–Trinajstić information content (AvgIpc) is 2.62. The molecule has 0 aliphatic rings. The highest BCUT2D eigenvalue weighted by Gasteiger charge is 2.05. The van der Waals surface area contributed by atoms with Crippen molar-refractivity contribution in [1.29, 1.82) is 0 Å². The van der Waals surface area contributed by atoms with Crippen LogP contribution in [0.1, 0.15) is 16.8 Å². The highest BCUT2D eigenvalue weighted by atomic mass is 79.9. The van der Waals surface area contributed by atoms with Crippen molar-refractivity contribution < 1.29 is 0 Å². The van der Waals surface area contributed by atoms with Crippen LogP contribution in [0.3, 0.4) is 0 Å². The molecule has 1 aromatic heterocycles. The summed E-state index contributed by atoms with van der Waals surface area (Å²) in [6, 6.07) is 6.18. The summed E-state index contributed by atoms with van der Waals surface area (Å²) in [5, 5.41) is 7.68. The van der Waals surface area contributed by atoms with Gasteiger partial charge in [0.25, 0.3) is 0 Å². The third-order valence-corrected chi connectivity index (χ3v) is 3.93. The molecule has 2 rings (SSSR count). The Bertz CT molecular complexity index is 531. The van der Waals surface area contributed by atoms with Gasteiger partial charge in [0.15, 0.2) is 0 Å². The SMILES string of the molecule is Cc1c(Br)cccc1NCc1cnn(C)c1C. The molecule has 0 saturated heterocycles. The number of hydrogen-bond acceptors (Lipinski definition) is 2. The Hall–Kier alpha value is -1.29. The van der Waals surface area contributed by atoms with Crippen LogP contribution in [-0.2, 0) is 13.6 Å². The molecule has 0 atom stereocenters. The fraction of sp³-hybridized carbons (Fsp3) is 0.308. The second-order valence-electron chi connectivity index (χ2n) is 4.14. The van der Waals surface area contributed by atoms with Gasteiger partial charge in [-0.2, -0.15) is 5.10 Å². The van der Waals surface area contributed by atoms with E-state index in [1.165, 1.54) is 16.8 Å². The fourth-order valence-electron chi connectivity index (χ4n) is 1.71. The van der Waals surface area contributed by atoms with E-state index in [4.69, 9.17) is 0 Å². The lowest BCUT2D eigenvalue weighted by atomic mass is 10.2. The molecule has 90 valence electrons. The molecule has 4 heteroatoms. The van der Waals surface area contributed by atoms with Crippen molar-refractivity contribution >= 4 is 21.6 Å². The Kier molecular flexibility index (Phi) is 3.52. The highest BCUT2D eigenvalue weighted by Crippen LogP contribution is 2.24. The molecule has 2 aromatic rings. The molecular formula is C13H16BrN3. The molecule has 17 heavy (non-hydrogen) atoms.